The van der Waals surface area contributed by atoms with Gasteiger partial charge in [0.1, 0.15) is 12.1 Å². The fourth-order valence-corrected chi connectivity index (χ4v) is 1.97. The number of hydrogen-bond acceptors (Lipinski definition) is 5. The second-order valence-electron chi connectivity index (χ2n) is 4.01. The summed E-state index contributed by atoms with van der Waals surface area (Å²) in [5.41, 5.74) is -0.900. The molecule has 1 amide bonds. The van der Waals surface area contributed by atoms with E-state index >= 15 is 0 Å². The van der Waals surface area contributed by atoms with Crippen LogP contribution in [0.5, 0.6) is 0 Å². The Labute approximate surface area is 93.9 Å². The molecule has 2 N–H and O–H groups in total. The van der Waals surface area contributed by atoms with Crippen LogP contribution in [0, 0.1) is 16.7 Å². The van der Waals surface area contributed by atoms with Gasteiger partial charge in [-0.1, -0.05) is 0 Å². The van der Waals surface area contributed by atoms with E-state index in [4.69, 9.17) is 5.26 Å². The molecule has 1 rings (SSSR count). The molecule has 0 spiro atoms. The summed E-state index contributed by atoms with van der Waals surface area (Å²) in [6.45, 7) is 1.66. The molecular formula is C10H15N3O3. The van der Waals surface area contributed by atoms with Gasteiger partial charge in [-0.2, -0.15) is 5.26 Å². The SMILES string of the molecule is CNC(=O)[C@]1(C)C[C@@H](C(=O)OC)NC1C#N. The summed E-state index contributed by atoms with van der Waals surface area (Å²) in [7, 11) is 2.79. The standard InChI is InChI=1S/C10H15N3O3/c1-10(9(15)12-2)4-6(8(14)16-3)13-7(10)5-11/h6-7,13H,4H2,1-3H3,(H,12,15)/t6-,7?,10+/m0/s1. The van der Waals surface area contributed by atoms with Crippen LogP contribution in [0.4, 0.5) is 0 Å². The highest BCUT2D eigenvalue weighted by atomic mass is 16.5. The van der Waals surface area contributed by atoms with Crippen molar-refractivity contribution < 1.29 is 14.3 Å². The zero-order valence-corrected chi connectivity index (χ0v) is 9.53. The monoisotopic (exact) mass is 225 g/mol. The third-order valence-corrected chi connectivity index (χ3v) is 2.99. The van der Waals surface area contributed by atoms with E-state index in [0.29, 0.717) is 0 Å². The molecule has 6 heteroatoms. The molecule has 1 aliphatic rings. The zero-order valence-electron chi connectivity index (χ0n) is 9.53. The Balaban J connectivity index is 2.92. The van der Waals surface area contributed by atoms with Crippen LogP contribution >= 0.6 is 0 Å². The predicted octanol–water partition coefficient (Wildman–Crippen LogP) is -0.834. The molecule has 1 fully saturated rings. The lowest BCUT2D eigenvalue weighted by atomic mass is 9.81. The van der Waals surface area contributed by atoms with Crippen molar-refractivity contribution in [2.75, 3.05) is 14.2 Å². The van der Waals surface area contributed by atoms with Gasteiger partial charge >= 0.3 is 5.97 Å². The van der Waals surface area contributed by atoms with Gasteiger partial charge < -0.3 is 10.1 Å². The third-order valence-electron chi connectivity index (χ3n) is 2.99. The van der Waals surface area contributed by atoms with Crippen molar-refractivity contribution in [1.82, 2.24) is 10.6 Å². The maximum Gasteiger partial charge on any atom is 0.322 e. The Hall–Kier alpha value is -1.61. The molecule has 1 saturated heterocycles. The second kappa shape index (κ2) is 4.49. The molecule has 0 aromatic heterocycles. The van der Waals surface area contributed by atoms with Crippen LogP contribution in [0.1, 0.15) is 13.3 Å². The van der Waals surface area contributed by atoms with E-state index < -0.39 is 23.5 Å². The molecule has 0 radical (unpaired) electrons. The molecule has 1 aliphatic heterocycles. The quantitative estimate of drug-likeness (QED) is 0.598. The van der Waals surface area contributed by atoms with Gasteiger partial charge in [-0.15, -0.1) is 0 Å². The molecule has 3 atom stereocenters. The fraction of sp³-hybridized carbons (Fsp3) is 0.700. The Morgan fingerprint density at radius 2 is 2.25 bits per heavy atom. The maximum atomic E-state index is 11.7. The van der Waals surface area contributed by atoms with Crippen molar-refractivity contribution in [1.29, 1.82) is 5.26 Å². The minimum absolute atomic E-state index is 0.252. The largest absolute Gasteiger partial charge is 0.468 e. The minimum Gasteiger partial charge on any atom is -0.468 e. The normalized spacial score (nSPS) is 32.9. The van der Waals surface area contributed by atoms with E-state index in [-0.39, 0.29) is 12.3 Å². The third kappa shape index (κ3) is 1.86. The first-order valence-electron chi connectivity index (χ1n) is 4.95. The highest BCUT2D eigenvalue weighted by molar-refractivity contribution is 5.86. The van der Waals surface area contributed by atoms with Gasteiger partial charge in [0.25, 0.3) is 0 Å². The lowest BCUT2D eigenvalue weighted by molar-refractivity contribution is -0.142. The number of esters is 1. The topological polar surface area (TPSA) is 91.2 Å². The number of ether oxygens (including phenoxy) is 1. The van der Waals surface area contributed by atoms with Gasteiger partial charge in [-0.25, -0.2) is 0 Å². The summed E-state index contributed by atoms with van der Waals surface area (Å²) in [4.78, 5) is 23.1. The van der Waals surface area contributed by atoms with Crippen LogP contribution < -0.4 is 10.6 Å². The Morgan fingerprint density at radius 1 is 1.62 bits per heavy atom. The maximum absolute atomic E-state index is 11.7. The number of amides is 1. The van der Waals surface area contributed by atoms with Gasteiger partial charge in [-0.3, -0.25) is 14.9 Å². The van der Waals surface area contributed by atoms with E-state index in [0.717, 1.165) is 0 Å². The van der Waals surface area contributed by atoms with Crippen molar-refractivity contribution in [3.8, 4) is 6.07 Å². The number of nitriles is 1. The summed E-state index contributed by atoms with van der Waals surface area (Å²) < 4.78 is 4.59. The molecule has 0 saturated carbocycles. The average molecular weight is 225 g/mol. The Kier molecular flexibility index (Phi) is 3.50. The molecular weight excluding hydrogens is 210 g/mol. The number of carbonyl (C=O) groups excluding carboxylic acids is 2. The number of carbonyl (C=O) groups is 2. The highest BCUT2D eigenvalue weighted by Crippen LogP contribution is 2.34. The number of nitrogens with one attached hydrogen (secondary N) is 2. The summed E-state index contributed by atoms with van der Waals surface area (Å²) in [5.74, 6) is -0.703. The summed E-state index contributed by atoms with van der Waals surface area (Å²) in [5, 5.41) is 14.3. The summed E-state index contributed by atoms with van der Waals surface area (Å²) in [6.07, 6.45) is 0.261. The van der Waals surface area contributed by atoms with Crippen molar-refractivity contribution in [2.45, 2.75) is 25.4 Å². The Bertz CT molecular complexity index is 350. The molecule has 0 aromatic carbocycles. The molecule has 0 aromatic rings. The van der Waals surface area contributed by atoms with Gasteiger partial charge in [0.05, 0.1) is 18.6 Å². The van der Waals surface area contributed by atoms with E-state index in [1.165, 1.54) is 14.2 Å². The second-order valence-corrected chi connectivity index (χ2v) is 4.01. The lowest BCUT2D eigenvalue weighted by Gasteiger charge is -2.23. The minimum atomic E-state index is -0.900. The van der Waals surface area contributed by atoms with Gasteiger partial charge in [-0.05, 0) is 13.3 Å². The summed E-state index contributed by atoms with van der Waals surface area (Å²) in [6, 6.07) is 0.715. The van der Waals surface area contributed by atoms with Crippen LogP contribution in [0.3, 0.4) is 0 Å². The van der Waals surface area contributed by atoms with Crippen LogP contribution in [-0.2, 0) is 14.3 Å². The van der Waals surface area contributed by atoms with Gasteiger partial charge in [0.2, 0.25) is 5.91 Å². The van der Waals surface area contributed by atoms with Crippen LogP contribution in [-0.4, -0.2) is 38.1 Å². The van der Waals surface area contributed by atoms with Gasteiger partial charge in [0.15, 0.2) is 0 Å². The molecule has 1 unspecified atom stereocenters. The van der Waals surface area contributed by atoms with Crippen molar-refractivity contribution in [3.05, 3.63) is 0 Å². The zero-order chi connectivity index (χ0) is 12.3. The smallest absolute Gasteiger partial charge is 0.322 e. The first-order chi connectivity index (χ1) is 7.49. The van der Waals surface area contributed by atoms with E-state index in [9.17, 15) is 9.59 Å². The van der Waals surface area contributed by atoms with Crippen molar-refractivity contribution in [2.24, 2.45) is 5.41 Å². The molecule has 16 heavy (non-hydrogen) atoms. The fourth-order valence-electron chi connectivity index (χ4n) is 1.97. The van der Waals surface area contributed by atoms with E-state index in [2.05, 4.69) is 15.4 Å². The van der Waals surface area contributed by atoms with E-state index in [1.54, 1.807) is 6.92 Å². The molecule has 0 bridgehead atoms. The van der Waals surface area contributed by atoms with Crippen molar-refractivity contribution >= 4 is 11.9 Å². The van der Waals surface area contributed by atoms with E-state index in [1.807, 2.05) is 6.07 Å². The molecule has 88 valence electrons. The van der Waals surface area contributed by atoms with Gasteiger partial charge in [0, 0.05) is 7.05 Å². The molecule has 6 nitrogen and oxygen atoms in total. The van der Waals surface area contributed by atoms with Crippen molar-refractivity contribution in [3.63, 3.8) is 0 Å². The number of methoxy groups -OCH3 is 1. The number of nitrogens with zero attached hydrogens (tertiary/aromatic N) is 1. The summed E-state index contributed by atoms with van der Waals surface area (Å²) >= 11 is 0. The number of rotatable bonds is 2. The van der Waals surface area contributed by atoms with Crippen LogP contribution in [0.25, 0.3) is 0 Å². The molecule has 0 aliphatic carbocycles. The number of hydrogen-bond donors (Lipinski definition) is 2. The lowest BCUT2D eigenvalue weighted by Crippen LogP contribution is -2.45. The highest BCUT2D eigenvalue weighted by Gasteiger charge is 2.51. The first kappa shape index (κ1) is 12.5. The predicted molar refractivity (Wildman–Crippen MR) is 55.1 cm³/mol. The first-order valence-corrected chi connectivity index (χ1v) is 4.95. The molecule has 1 heterocycles. The van der Waals surface area contributed by atoms with Crippen LogP contribution in [0.15, 0.2) is 0 Å². The average Bonchev–Trinajstić information content (AvgIpc) is 2.65. The van der Waals surface area contributed by atoms with Crippen LogP contribution in [0.2, 0.25) is 0 Å². The Morgan fingerprint density at radius 3 is 2.69 bits per heavy atom.